The number of hydrogen-bond donors (Lipinski definition) is 1. The minimum absolute atomic E-state index is 0.592. The third-order valence-corrected chi connectivity index (χ3v) is 3.39. The average Bonchev–Trinajstić information content (AvgIpc) is 2.32. The summed E-state index contributed by atoms with van der Waals surface area (Å²) in [6.45, 7) is 3.89. The van der Waals surface area contributed by atoms with E-state index in [-0.39, 0.29) is 0 Å². The standard InChI is InChI=1S/C16H17ClO/c1-12-3-5-13(6-4-12)11-16(2,18)14-7-9-15(17)10-8-14/h3-10,18H,11H2,1-2H3. The Morgan fingerprint density at radius 3 is 2.11 bits per heavy atom. The minimum Gasteiger partial charge on any atom is -0.385 e. The van der Waals surface area contributed by atoms with Crippen LogP contribution in [0.2, 0.25) is 5.02 Å². The largest absolute Gasteiger partial charge is 0.385 e. The highest BCUT2D eigenvalue weighted by molar-refractivity contribution is 6.30. The van der Waals surface area contributed by atoms with Gasteiger partial charge in [-0.05, 0) is 37.1 Å². The van der Waals surface area contributed by atoms with Crippen molar-refractivity contribution in [2.45, 2.75) is 25.9 Å². The molecule has 0 spiro atoms. The molecule has 1 N–H and O–H groups in total. The van der Waals surface area contributed by atoms with Gasteiger partial charge in [0.05, 0.1) is 5.60 Å². The van der Waals surface area contributed by atoms with Gasteiger partial charge in [-0.1, -0.05) is 53.6 Å². The Bertz CT molecular complexity index is 512. The molecule has 1 unspecified atom stereocenters. The lowest BCUT2D eigenvalue weighted by Crippen LogP contribution is -2.24. The molecule has 1 nitrogen and oxygen atoms in total. The van der Waals surface area contributed by atoms with E-state index in [4.69, 9.17) is 11.6 Å². The summed E-state index contributed by atoms with van der Waals surface area (Å²) in [6.07, 6.45) is 0.592. The highest BCUT2D eigenvalue weighted by atomic mass is 35.5. The van der Waals surface area contributed by atoms with E-state index in [9.17, 15) is 5.11 Å². The summed E-state index contributed by atoms with van der Waals surface area (Å²) in [6, 6.07) is 15.6. The Labute approximate surface area is 113 Å². The summed E-state index contributed by atoms with van der Waals surface area (Å²) in [5.74, 6) is 0. The number of rotatable bonds is 3. The molecular formula is C16H17ClO. The van der Waals surface area contributed by atoms with Gasteiger partial charge >= 0.3 is 0 Å². The summed E-state index contributed by atoms with van der Waals surface area (Å²) in [4.78, 5) is 0. The maximum Gasteiger partial charge on any atom is 0.0908 e. The van der Waals surface area contributed by atoms with Gasteiger partial charge in [-0.25, -0.2) is 0 Å². The summed E-state index contributed by atoms with van der Waals surface area (Å²) >= 11 is 5.86. The lowest BCUT2D eigenvalue weighted by Gasteiger charge is -2.24. The highest BCUT2D eigenvalue weighted by Gasteiger charge is 2.23. The van der Waals surface area contributed by atoms with Crippen LogP contribution in [-0.2, 0) is 12.0 Å². The molecule has 0 aliphatic rings. The van der Waals surface area contributed by atoms with Crippen molar-refractivity contribution < 1.29 is 5.11 Å². The van der Waals surface area contributed by atoms with E-state index in [0.717, 1.165) is 11.1 Å². The molecule has 1 atom stereocenters. The normalized spacial score (nSPS) is 14.2. The molecule has 18 heavy (non-hydrogen) atoms. The lowest BCUT2D eigenvalue weighted by atomic mass is 9.89. The van der Waals surface area contributed by atoms with Gasteiger partial charge in [-0.15, -0.1) is 0 Å². The van der Waals surface area contributed by atoms with Crippen molar-refractivity contribution in [2.24, 2.45) is 0 Å². The molecule has 2 aromatic rings. The first-order valence-corrected chi connectivity index (χ1v) is 6.39. The SMILES string of the molecule is Cc1ccc(CC(C)(O)c2ccc(Cl)cc2)cc1. The Kier molecular flexibility index (Phi) is 3.74. The van der Waals surface area contributed by atoms with E-state index < -0.39 is 5.60 Å². The number of halogens is 1. The second kappa shape index (κ2) is 5.13. The van der Waals surface area contributed by atoms with Crippen molar-refractivity contribution in [1.82, 2.24) is 0 Å². The van der Waals surface area contributed by atoms with Crippen LogP contribution < -0.4 is 0 Å². The topological polar surface area (TPSA) is 20.2 Å². The van der Waals surface area contributed by atoms with Gasteiger partial charge < -0.3 is 5.11 Å². The molecule has 0 bridgehead atoms. The number of hydrogen-bond acceptors (Lipinski definition) is 1. The van der Waals surface area contributed by atoms with Crippen LogP contribution >= 0.6 is 11.6 Å². The molecule has 0 heterocycles. The second-order valence-corrected chi connectivity index (χ2v) is 5.38. The molecule has 0 aromatic heterocycles. The van der Waals surface area contributed by atoms with E-state index in [0.29, 0.717) is 11.4 Å². The fraction of sp³-hybridized carbons (Fsp3) is 0.250. The van der Waals surface area contributed by atoms with Crippen LogP contribution in [0.1, 0.15) is 23.6 Å². The fourth-order valence-electron chi connectivity index (χ4n) is 2.01. The van der Waals surface area contributed by atoms with Gasteiger partial charge in [0.25, 0.3) is 0 Å². The molecule has 0 saturated heterocycles. The van der Waals surface area contributed by atoms with Gasteiger partial charge in [0.2, 0.25) is 0 Å². The van der Waals surface area contributed by atoms with Crippen molar-refractivity contribution in [3.05, 3.63) is 70.2 Å². The van der Waals surface area contributed by atoms with Gasteiger partial charge in [-0.2, -0.15) is 0 Å². The number of aryl methyl sites for hydroxylation is 1. The monoisotopic (exact) mass is 260 g/mol. The molecule has 0 fully saturated rings. The Morgan fingerprint density at radius 1 is 1.00 bits per heavy atom. The smallest absolute Gasteiger partial charge is 0.0908 e. The van der Waals surface area contributed by atoms with E-state index in [1.165, 1.54) is 5.56 Å². The van der Waals surface area contributed by atoms with Crippen LogP contribution in [0.15, 0.2) is 48.5 Å². The van der Waals surface area contributed by atoms with E-state index in [1.807, 2.05) is 19.1 Å². The highest BCUT2D eigenvalue weighted by Crippen LogP contribution is 2.26. The van der Waals surface area contributed by atoms with Gasteiger partial charge in [0.15, 0.2) is 0 Å². The molecule has 0 aliphatic carbocycles. The molecule has 94 valence electrons. The van der Waals surface area contributed by atoms with Crippen LogP contribution in [0, 0.1) is 6.92 Å². The molecule has 0 amide bonds. The van der Waals surface area contributed by atoms with Gasteiger partial charge in [0.1, 0.15) is 0 Å². The van der Waals surface area contributed by atoms with Crippen LogP contribution in [0.5, 0.6) is 0 Å². The minimum atomic E-state index is -0.875. The maximum absolute atomic E-state index is 10.6. The molecule has 0 radical (unpaired) electrons. The van der Waals surface area contributed by atoms with Gasteiger partial charge in [-0.3, -0.25) is 0 Å². The first kappa shape index (κ1) is 13.1. The maximum atomic E-state index is 10.6. The lowest BCUT2D eigenvalue weighted by molar-refractivity contribution is 0.0576. The zero-order valence-corrected chi connectivity index (χ0v) is 11.4. The predicted octanol–water partition coefficient (Wildman–Crippen LogP) is 4.10. The van der Waals surface area contributed by atoms with Crippen molar-refractivity contribution in [3.63, 3.8) is 0 Å². The molecule has 2 rings (SSSR count). The summed E-state index contributed by atoms with van der Waals surface area (Å²) in [5.41, 5.74) is 2.36. The quantitative estimate of drug-likeness (QED) is 0.881. The van der Waals surface area contributed by atoms with Crippen molar-refractivity contribution in [2.75, 3.05) is 0 Å². The molecule has 0 saturated carbocycles. The predicted molar refractivity (Wildman–Crippen MR) is 75.9 cm³/mol. The molecule has 2 heteroatoms. The van der Waals surface area contributed by atoms with Crippen molar-refractivity contribution in [3.8, 4) is 0 Å². The number of benzene rings is 2. The summed E-state index contributed by atoms with van der Waals surface area (Å²) in [5, 5.41) is 11.2. The Hall–Kier alpha value is -1.31. The van der Waals surface area contributed by atoms with Crippen LogP contribution in [0.4, 0.5) is 0 Å². The number of aliphatic hydroxyl groups is 1. The van der Waals surface area contributed by atoms with Gasteiger partial charge in [0, 0.05) is 11.4 Å². The summed E-state index contributed by atoms with van der Waals surface area (Å²) < 4.78 is 0. The van der Waals surface area contributed by atoms with Crippen LogP contribution in [-0.4, -0.2) is 5.11 Å². The molecule has 2 aromatic carbocycles. The zero-order chi connectivity index (χ0) is 13.2. The first-order valence-electron chi connectivity index (χ1n) is 6.01. The average molecular weight is 261 g/mol. The second-order valence-electron chi connectivity index (χ2n) is 4.94. The first-order chi connectivity index (χ1) is 8.47. The summed E-state index contributed by atoms with van der Waals surface area (Å²) in [7, 11) is 0. The van der Waals surface area contributed by atoms with Crippen molar-refractivity contribution >= 4 is 11.6 Å². The van der Waals surface area contributed by atoms with Crippen LogP contribution in [0.3, 0.4) is 0 Å². The Morgan fingerprint density at radius 2 is 1.56 bits per heavy atom. The van der Waals surface area contributed by atoms with E-state index >= 15 is 0 Å². The third-order valence-electron chi connectivity index (χ3n) is 3.14. The van der Waals surface area contributed by atoms with Crippen molar-refractivity contribution in [1.29, 1.82) is 0 Å². The van der Waals surface area contributed by atoms with E-state index in [2.05, 4.69) is 31.2 Å². The van der Waals surface area contributed by atoms with Crippen LogP contribution in [0.25, 0.3) is 0 Å². The molecule has 0 aliphatic heterocycles. The molecular weight excluding hydrogens is 244 g/mol. The zero-order valence-electron chi connectivity index (χ0n) is 10.7. The fourth-order valence-corrected chi connectivity index (χ4v) is 2.14. The third kappa shape index (κ3) is 3.12. The van der Waals surface area contributed by atoms with E-state index in [1.54, 1.807) is 12.1 Å². The Balaban J connectivity index is 2.20.